The number of nitrogens with one attached hydrogen (secondary N) is 2. The van der Waals surface area contributed by atoms with Gasteiger partial charge in [0.05, 0.1) is 18.9 Å². The standard InChI is InChI=1S/C13H18N6OS/c1-9-7-11(18-17-9)14-10-8-12(16-13(15-10)21-2)19-3-5-20-6-4-19/h7-8H,3-6H2,1-2H3,(H2,14,15,16,17,18). The molecule has 0 radical (unpaired) electrons. The number of aryl methyl sites for hydroxylation is 1. The molecule has 2 aromatic heterocycles. The molecule has 2 N–H and O–H groups in total. The highest BCUT2D eigenvalue weighted by atomic mass is 32.2. The molecule has 1 fully saturated rings. The number of thioether (sulfide) groups is 1. The molecular formula is C13H18N6OS. The Hall–Kier alpha value is -1.80. The molecule has 2 aromatic rings. The molecular weight excluding hydrogens is 288 g/mol. The van der Waals surface area contributed by atoms with Crippen LogP contribution in [-0.4, -0.2) is 52.7 Å². The smallest absolute Gasteiger partial charge is 0.191 e. The van der Waals surface area contributed by atoms with Gasteiger partial charge >= 0.3 is 0 Å². The van der Waals surface area contributed by atoms with Crippen LogP contribution in [0.5, 0.6) is 0 Å². The molecule has 0 spiro atoms. The fraction of sp³-hybridized carbons (Fsp3) is 0.462. The van der Waals surface area contributed by atoms with Gasteiger partial charge < -0.3 is 15.0 Å². The summed E-state index contributed by atoms with van der Waals surface area (Å²) in [6.45, 7) is 5.12. The van der Waals surface area contributed by atoms with Crippen LogP contribution in [0.4, 0.5) is 17.5 Å². The van der Waals surface area contributed by atoms with Gasteiger partial charge in [-0.2, -0.15) is 5.10 Å². The molecule has 1 aliphatic rings. The highest BCUT2D eigenvalue weighted by Gasteiger charge is 2.15. The second-order valence-electron chi connectivity index (χ2n) is 4.75. The first-order valence-electron chi connectivity index (χ1n) is 6.79. The van der Waals surface area contributed by atoms with Crippen LogP contribution in [0.15, 0.2) is 17.3 Å². The predicted octanol–water partition coefficient (Wildman–Crippen LogP) is 1.81. The third-order valence-electron chi connectivity index (χ3n) is 3.18. The first-order valence-corrected chi connectivity index (χ1v) is 8.02. The first-order chi connectivity index (χ1) is 10.2. The number of hydrogen-bond donors (Lipinski definition) is 2. The SMILES string of the molecule is CSc1nc(Nc2cc(C)n[nH]2)cc(N2CCOCC2)n1. The maximum absolute atomic E-state index is 5.39. The van der Waals surface area contributed by atoms with Crippen LogP contribution in [0.2, 0.25) is 0 Å². The monoisotopic (exact) mass is 306 g/mol. The number of morpholine rings is 1. The Balaban J connectivity index is 1.85. The van der Waals surface area contributed by atoms with Gasteiger partial charge in [-0.3, -0.25) is 5.10 Å². The van der Waals surface area contributed by atoms with Crippen molar-refractivity contribution in [2.45, 2.75) is 12.1 Å². The second-order valence-corrected chi connectivity index (χ2v) is 5.52. The molecule has 112 valence electrons. The topological polar surface area (TPSA) is 79.0 Å². The summed E-state index contributed by atoms with van der Waals surface area (Å²) < 4.78 is 5.39. The van der Waals surface area contributed by atoms with Gasteiger partial charge in [0, 0.05) is 25.2 Å². The summed E-state index contributed by atoms with van der Waals surface area (Å²) in [5.74, 6) is 2.52. The number of rotatable bonds is 4. The maximum Gasteiger partial charge on any atom is 0.191 e. The Morgan fingerprint density at radius 3 is 2.76 bits per heavy atom. The van der Waals surface area contributed by atoms with Crippen molar-refractivity contribution in [2.24, 2.45) is 0 Å². The van der Waals surface area contributed by atoms with Crippen molar-refractivity contribution in [1.82, 2.24) is 20.2 Å². The van der Waals surface area contributed by atoms with Crippen LogP contribution in [0.1, 0.15) is 5.69 Å². The lowest BCUT2D eigenvalue weighted by molar-refractivity contribution is 0.122. The van der Waals surface area contributed by atoms with Crippen molar-refractivity contribution < 1.29 is 4.74 Å². The molecule has 21 heavy (non-hydrogen) atoms. The molecule has 3 rings (SSSR count). The number of hydrogen-bond acceptors (Lipinski definition) is 7. The minimum atomic E-state index is 0.737. The zero-order valence-corrected chi connectivity index (χ0v) is 12.9. The molecule has 0 saturated carbocycles. The largest absolute Gasteiger partial charge is 0.378 e. The Bertz CT molecular complexity index is 610. The normalized spacial score (nSPS) is 15.2. The van der Waals surface area contributed by atoms with E-state index in [9.17, 15) is 0 Å². The Labute approximate surface area is 127 Å². The van der Waals surface area contributed by atoms with Crippen LogP contribution < -0.4 is 10.2 Å². The van der Waals surface area contributed by atoms with E-state index in [0.717, 1.165) is 54.6 Å². The summed E-state index contributed by atoms with van der Waals surface area (Å²) in [5.41, 5.74) is 0.935. The lowest BCUT2D eigenvalue weighted by Crippen LogP contribution is -2.36. The Morgan fingerprint density at radius 1 is 1.29 bits per heavy atom. The molecule has 7 nitrogen and oxygen atoms in total. The maximum atomic E-state index is 5.39. The fourth-order valence-corrected chi connectivity index (χ4v) is 2.52. The van der Waals surface area contributed by atoms with Crippen LogP contribution in [-0.2, 0) is 4.74 Å². The number of H-pyrrole nitrogens is 1. The van der Waals surface area contributed by atoms with E-state index in [1.54, 1.807) is 0 Å². The van der Waals surface area contributed by atoms with Crippen molar-refractivity contribution in [3.8, 4) is 0 Å². The molecule has 1 aliphatic heterocycles. The van der Waals surface area contributed by atoms with Crippen LogP contribution >= 0.6 is 11.8 Å². The zero-order chi connectivity index (χ0) is 14.7. The second kappa shape index (κ2) is 6.31. The van der Waals surface area contributed by atoms with E-state index in [-0.39, 0.29) is 0 Å². The molecule has 0 bridgehead atoms. The summed E-state index contributed by atoms with van der Waals surface area (Å²) in [6, 6.07) is 3.90. The summed E-state index contributed by atoms with van der Waals surface area (Å²) >= 11 is 1.53. The van der Waals surface area contributed by atoms with E-state index in [0.29, 0.717) is 0 Å². The summed E-state index contributed by atoms with van der Waals surface area (Å²) in [5, 5.41) is 11.0. The van der Waals surface area contributed by atoms with E-state index in [1.807, 2.05) is 25.3 Å². The highest BCUT2D eigenvalue weighted by molar-refractivity contribution is 7.98. The Kier molecular flexibility index (Phi) is 4.26. The number of aromatic nitrogens is 4. The third-order valence-corrected chi connectivity index (χ3v) is 3.73. The predicted molar refractivity (Wildman–Crippen MR) is 83.5 cm³/mol. The van der Waals surface area contributed by atoms with Gasteiger partial charge in [-0.1, -0.05) is 11.8 Å². The van der Waals surface area contributed by atoms with Gasteiger partial charge in [-0.05, 0) is 13.2 Å². The minimum Gasteiger partial charge on any atom is -0.378 e. The van der Waals surface area contributed by atoms with E-state index >= 15 is 0 Å². The van der Waals surface area contributed by atoms with Crippen molar-refractivity contribution >= 4 is 29.2 Å². The Morgan fingerprint density at radius 2 is 2.10 bits per heavy atom. The number of aromatic amines is 1. The number of nitrogens with zero attached hydrogens (tertiary/aromatic N) is 4. The molecule has 0 amide bonds. The average molecular weight is 306 g/mol. The van der Waals surface area contributed by atoms with Crippen LogP contribution in [0.3, 0.4) is 0 Å². The zero-order valence-electron chi connectivity index (χ0n) is 12.1. The van der Waals surface area contributed by atoms with Gasteiger partial charge in [0.15, 0.2) is 5.16 Å². The van der Waals surface area contributed by atoms with E-state index in [4.69, 9.17) is 4.74 Å². The van der Waals surface area contributed by atoms with E-state index < -0.39 is 0 Å². The minimum absolute atomic E-state index is 0.737. The summed E-state index contributed by atoms with van der Waals surface area (Å²) in [7, 11) is 0. The first kappa shape index (κ1) is 14.2. The third kappa shape index (κ3) is 3.45. The van der Waals surface area contributed by atoms with Crippen LogP contribution in [0, 0.1) is 6.92 Å². The molecule has 0 aromatic carbocycles. The molecule has 3 heterocycles. The summed E-state index contributed by atoms with van der Waals surface area (Å²) in [6.07, 6.45) is 1.97. The molecule has 8 heteroatoms. The van der Waals surface area contributed by atoms with Crippen molar-refractivity contribution in [3.63, 3.8) is 0 Å². The van der Waals surface area contributed by atoms with Gasteiger partial charge in [-0.15, -0.1) is 0 Å². The quantitative estimate of drug-likeness (QED) is 0.658. The highest BCUT2D eigenvalue weighted by Crippen LogP contribution is 2.23. The fourth-order valence-electron chi connectivity index (χ4n) is 2.15. The molecule has 0 atom stereocenters. The molecule has 1 saturated heterocycles. The van der Waals surface area contributed by atoms with Gasteiger partial charge in [0.1, 0.15) is 17.5 Å². The van der Waals surface area contributed by atoms with Crippen LogP contribution in [0.25, 0.3) is 0 Å². The number of ether oxygens (including phenoxy) is 1. The van der Waals surface area contributed by atoms with Gasteiger partial charge in [-0.25, -0.2) is 9.97 Å². The average Bonchev–Trinajstić information content (AvgIpc) is 2.93. The lowest BCUT2D eigenvalue weighted by atomic mass is 10.4. The van der Waals surface area contributed by atoms with Gasteiger partial charge in [0.2, 0.25) is 0 Å². The van der Waals surface area contributed by atoms with E-state index in [1.165, 1.54) is 11.8 Å². The van der Waals surface area contributed by atoms with Crippen molar-refractivity contribution in [3.05, 3.63) is 17.8 Å². The lowest BCUT2D eigenvalue weighted by Gasteiger charge is -2.28. The molecule has 0 aliphatic carbocycles. The van der Waals surface area contributed by atoms with Crippen molar-refractivity contribution in [1.29, 1.82) is 0 Å². The summed E-state index contributed by atoms with van der Waals surface area (Å²) in [4.78, 5) is 11.3. The molecule has 0 unspecified atom stereocenters. The van der Waals surface area contributed by atoms with Crippen molar-refractivity contribution in [2.75, 3.05) is 42.8 Å². The number of anilines is 3. The van der Waals surface area contributed by atoms with Gasteiger partial charge in [0.25, 0.3) is 0 Å². The van der Waals surface area contributed by atoms with E-state index in [2.05, 4.69) is 30.4 Å².